The van der Waals surface area contributed by atoms with E-state index in [4.69, 9.17) is 9.84 Å². The van der Waals surface area contributed by atoms with Crippen LogP contribution in [0.25, 0.3) is 0 Å². The van der Waals surface area contributed by atoms with Crippen molar-refractivity contribution in [3.63, 3.8) is 0 Å². The number of ether oxygens (including phenoxy) is 2. The highest BCUT2D eigenvalue weighted by molar-refractivity contribution is 7.44. The molecule has 0 aliphatic rings. The molecule has 0 bridgehead atoms. The van der Waals surface area contributed by atoms with Crippen molar-refractivity contribution in [3.05, 3.63) is 0 Å². The molecule has 0 fully saturated rings. The zero-order valence-electron chi connectivity index (χ0n) is 8.47. The van der Waals surface area contributed by atoms with Crippen LogP contribution in [0.15, 0.2) is 0 Å². The Bertz CT molecular complexity index is 239. The molecule has 0 aliphatic carbocycles. The second-order valence-corrected chi connectivity index (χ2v) is 4.29. The van der Waals surface area contributed by atoms with E-state index in [0.29, 0.717) is 6.61 Å². The van der Waals surface area contributed by atoms with Crippen LogP contribution >= 0.6 is 7.80 Å². The van der Waals surface area contributed by atoms with Crippen LogP contribution in [0.2, 0.25) is 0 Å². The molecule has 0 aliphatic heterocycles. The lowest BCUT2D eigenvalue weighted by Gasteiger charge is -1.97. The van der Waals surface area contributed by atoms with E-state index in [1.54, 1.807) is 6.92 Å². The zero-order chi connectivity index (χ0) is 11.7. The molecule has 1 unspecified atom stereocenters. The Labute approximate surface area is 88.3 Å². The fourth-order valence-electron chi connectivity index (χ4n) is 0.693. The quantitative estimate of drug-likeness (QED) is 0.382. The number of aliphatic carboxylic acids is 1. The third-order valence-electron chi connectivity index (χ3n) is 1.34. The summed E-state index contributed by atoms with van der Waals surface area (Å²) >= 11 is 0. The smallest absolute Gasteiger partial charge is 0.370 e. The average molecular weight is 237 g/mol. The third kappa shape index (κ3) is 9.31. The topological polar surface area (TPSA) is 89.9 Å². The molecule has 0 radical (unpaired) electrons. The third-order valence-corrected chi connectivity index (χ3v) is 2.49. The molecule has 0 saturated heterocycles. The van der Waals surface area contributed by atoms with Crippen LogP contribution in [-0.4, -0.2) is 42.8 Å². The minimum Gasteiger partial charge on any atom is -0.481 e. The van der Waals surface area contributed by atoms with E-state index in [1.807, 2.05) is 0 Å². The van der Waals surface area contributed by atoms with Crippen LogP contribution in [0.1, 0.15) is 13.3 Å². The number of carboxylic acid groups (broad SMARTS) is 1. The first kappa shape index (κ1) is 14.0. The van der Waals surface area contributed by atoms with Crippen LogP contribution in [0.5, 0.6) is 0 Å². The van der Waals surface area contributed by atoms with Gasteiger partial charge in [-0.25, -0.2) is 0 Å². The van der Waals surface area contributed by atoms with E-state index < -0.39 is 26.2 Å². The van der Waals surface area contributed by atoms with Gasteiger partial charge in [-0.3, -0.25) is 9.59 Å². The number of carbonyl (C=O) groups excluding carboxylic acids is 1. The maximum absolute atomic E-state index is 11.1. The molecule has 0 aromatic rings. The standard InChI is InChI=1S/C8H13O6P/c1-2-13-6-15(12)4-3-14-8(11)5-7(9)10/h2-6H2,1H3/p+1. The fraction of sp³-hybridized carbons (Fsp3) is 0.750. The molecule has 1 N–H and O–H groups in total. The summed E-state index contributed by atoms with van der Waals surface area (Å²) in [6.07, 6.45) is -0.328. The lowest BCUT2D eigenvalue weighted by atomic mass is 10.4. The van der Waals surface area contributed by atoms with Crippen molar-refractivity contribution in [2.75, 3.05) is 25.7 Å². The van der Waals surface area contributed by atoms with E-state index in [0.717, 1.165) is 0 Å². The Morgan fingerprint density at radius 3 is 2.60 bits per heavy atom. The highest BCUT2D eigenvalue weighted by Gasteiger charge is 2.16. The molecule has 86 valence electrons. The molecule has 0 aromatic carbocycles. The average Bonchev–Trinajstić information content (AvgIpc) is 2.13. The van der Waals surface area contributed by atoms with Gasteiger partial charge in [-0.1, -0.05) is 4.57 Å². The predicted octanol–water partition coefficient (Wildman–Crippen LogP) is 0.826. The van der Waals surface area contributed by atoms with Gasteiger partial charge in [-0.15, -0.1) is 0 Å². The van der Waals surface area contributed by atoms with E-state index in [-0.39, 0.29) is 19.1 Å². The number of carbonyl (C=O) groups is 2. The minimum absolute atomic E-state index is 0.0333. The molecular weight excluding hydrogens is 223 g/mol. The van der Waals surface area contributed by atoms with Gasteiger partial charge in [0.25, 0.3) is 0 Å². The molecule has 7 heteroatoms. The Hall–Kier alpha value is -1.00. The van der Waals surface area contributed by atoms with Crippen LogP contribution in [0.4, 0.5) is 0 Å². The summed E-state index contributed by atoms with van der Waals surface area (Å²) in [5, 5.41) is 8.23. The summed E-state index contributed by atoms with van der Waals surface area (Å²) in [7, 11) is -1.53. The SMILES string of the molecule is CCOC[P+](=O)CCOC(=O)CC(=O)O. The van der Waals surface area contributed by atoms with Crippen LogP contribution < -0.4 is 0 Å². The molecule has 0 rings (SSSR count). The first-order valence-corrected chi connectivity index (χ1v) is 6.06. The number of carboxylic acids is 1. The first-order chi connectivity index (χ1) is 7.06. The molecule has 6 nitrogen and oxygen atoms in total. The molecule has 15 heavy (non-hydrogen) atoms. The largest absolute Gasteiger partial charge is 0.481 e. The molecule has 0 heterocycles. The first-order valence-electron chi connectivity index (χ1n) is 4.43. The number of hydrogen-bond donors (Lipinski definition) is 1. The van der Waals surface area contributed by atoms with Crippen molar-refractivity contribution in [1.82, 2.24) is 0 Å². The normalized spacial score (nSPS) is 10.9. The van der Waals surface area contributed by atoms with Crippen LogP contribution in [-0.2, 0) is 23.6 Å². The van der Waals surface area contributed by atoms with Gasteiger partial charge in [-0.2, -0.15) is 0 Å². The highest BCUT2D eigenvalue weighted by Crippen LogP contribution is 2.19. The van der Waals surface area contributed by atoms with E-state index >= 15 is 0 Å². The summed E-state index contributed by atoms with van der Waals surface area (Å²) in [4.78, 5) is 20.8. The Kier molecular flexibility index (Phi) is 7.77. The van der Waals surface area contributed by atoms with Crippen molar-refractivity contribution < 1.29 is 28.7 Å². The summed E-state index contributed by atoms with van der Waals surface area (Å²) in [5.41, 5.74) is 0. The predicted molar refractivity (Wildman–Crippen MR) is 52.2 cm³/mol. The van der Waals surface area contributed by atoms with E-state index in [2.05, 4.69) is 4.74 Å². The summed E-state index contributed by atoms with van der Waals surface area (Å²) in [6.45, 7) is 2.24. The van der Waals surface area contributed by atoms with Crippen molar-refractivity contribution in [2.24, 2.45) is 0 Å². The zero-order valence-corrected chi connectivity index (χ0v) is 9.37. The Balaban J connectivity index is 3.48. The highest BCUT2D eigenvalue weighted by atomic mass is 31.1. The molecule has 0 spiro atoms. The van der Waals surface area contributed by atoms with Crippen molar-refractivity contribution in [3.8, 4) is 0 Å². The molecule has 1 atom stereocenters. The van der Waals surface area contributed by atoms with E-state index in [9.17, 15) is 14.2 Å². The van der Waals surface area contributed by atoms with Crippen LogP contribution in [0, 0.1) is 0 Å². The fourth-order valence-corrected chi connectivity index (χ4v) is 1.50. The van der Waals surface area contributed by atoms with Gasteiger partial charge in [0, 0.05) is 6.61 Å². The molecule has 0 saturated carbocycles. The lowest BCUT2D eigenvalue weighted by molar-refractivity contribution is -0.150. The second kappa shape index (κ2) is 8.32. The van der Waals surface area contributed by atoms with Crippen molar-refractivity contribution in [1.29, 1.82) is 0 Å². The molecule has 0 aromatic heterocycles. The van der Waals surface area contributed by atoms with Gasteiger partial charge < -0.3 is 14.6 Å². The van der Waals surface area contributed by atoms with Gasteiger partial charge in [0.15, 0.2) is 6.16 Å². The minimum atomic E-state index is -1.53. The van der Waals surface area contributed by atoms with Gasteiger partial charge >= 0.3 is 19.7 Å². The van der Waals surface area contributed by atoms with Crippen molar-refractivity contribution >= 4 is 19.7 Å². The van der Waals surface area contributed by atoms with E-state index in [1.165, 1.54) is 0 Å². The van der Waals surface area contributed by atoms with Crippen molar-refractivity contribution in [2.45, 2.75) is 13.3 Å². The molecular formula is C8H14O6P+. The number of esters is 1. The maximum atomic E-state index is 11.1. The number of hydrogen-bond acceptors (Lipinski definition) is 5. The Morgan fingerprint density at radius 1 is 1.40 bits per heavy atom. The van der Waals surface area contributed by atoms with Gasteiger partial charge in [0.1, 0.15) is 13.0 Å². The van der Waals surface area contributed by atoms with Gasteiger partial charge in [0.2, 0.25) is 6.35 Å². The number of rotatable bonds is 8. The monoisotopic (exact) mass is 237 g/mol. The van der Waals surface area contributed by atoms with Gasteiger partial charge in [-0.05, 0) is 6.92 Å². The summed E-state index contributed by atoms with van der Waals surface area (Å²) < 4.78 is 20.6. The summed E-state index contributed by atoms with van der Waals surface area (Å²) in [5.74, 6) is -2.05. The van der Waals surface area contributed by atoms with Gasteiger partial charge in [0.05, 0.1) is 0 Å². The Morgan fingerprint density at radius 2 is 2.07 bits per heavy atom. The lowest BCUT2D eigenvalue weighted by Crippen LogP contribution is -2.12. The maximum Gasteiger partial charge on any atom is 0.370 e. The second-order valence-electron chi connectivity index (χ2n) is 2.62. The van der Waals surface area contributed by atoms with Crippen LogP contribution in [0.3, 0.4) is 0 Å². The summed E-state index contributed by atoms with van der Waals surface area (Å²) in [6, 6.07) is 0. The molecule has 0 amide bonds.